The predicted octanol–water partition coefficient (Wildman–Crippen LogP) is 2.54. The van der Waals surface area contributed by atoms with Gasteiger partial charge in [0, 0.05) is 24.6 Å². The molecule has 0 atom stereocenters. The maximum absolute atomic E-state index is 12.2. The molecule has 0 N–H and O–H groups in total. The van der Waals surface area contributed by atoms with E-state index in [1.807, 2.05) is 0 Å². The van der Waals surface area contributed by atoms with E-state index in [9.17, 15) is 9.59 Å². The summed E-state index contributed by atoms with van der Waals surface area (Å²) in [6.07, 6.45) is 3.06. The fraction of sp³-hybridized carbons (Fsp3) is 0.150. The molecule has 138 valence electrons. The number of carbonyl (C=O) groups is 1. The van der Waals surface area contributed by atoms with Crippen LogP contribution in [0.4, 0.5) is 0 Å². The predicted molar refractivity (Wildman–Crippen MR) is 104 cm³/mol. The third kappa shape index (κ3) is 3.67. The minimum Gasteiger partial charge on any atom is -0.493 e. The Kier molecular flexibility index (Phi) is 5.21. The molecule has 0 aliphatic rings. The van der Waals surface area contributed by atoms with Crippen molar-refractivity contribution in [2.45, 2.75) is 6.92 Å². The molecule has 1 aromatic heterocycles. The molecule has 0 spiro atoms. The van der Waals surface area contributed by atoms with Crippen LogP contribution in [-0.4, -0.2) is 31.0 Å². The van der Waals surface area contributed by atoms with Crippen LogP contribution in [0.15, 0.2) is 64.6 Å². The summed E-state index contributed by atoms with van der Waals surface area (Å²) in [7, 11) is 3.11. The van der Waals surface area contributed by atoms with Gasteiger partial charge in [0.2, 0.25) is 0 Å². The second kappa shape index (κ2) is 7.74. The lowest BCUT2D eigenvalue weighted by Gasteiger charge is -2.20. The van der Waals surface area contributed by atoms with Gasteiger partial charge >= 0.3 is 0 Å². The van der Waals surface area contributed by atoms with Crippen molar-refractivity contribution in [3.8, 4) is 11.5 Å². The lowest BCUT2D eigenvalue weighted by molar-refractivity contribution is -0.118. The average molecular weight is 365 g/mol. The van der Waals surface area contributed by atoms with Crippen LogP contribution in [-0.2, 0) is 4.79 Å². The van der Waals surface area contributed by atoms with E-state index in [1.165, 1.54) is 35.2 Å². The molecule has 0 saturated carbocycles. The first kappa shape index (κ1) is 18.2. The van der Waals surface area contributed by atoms with Crippen molar-refractivity contribution in [2.75, 3.05) is 19.3 Å². The Balaban J connectivity index is 2.03. The number of para-hydroxylation sites is 1. The molecule has 27 heavy (non-hydrogen) atoms. The number of ether oxygens (including phenoxy) is 2. The molecular formula is C20H19N3O4. The number of fused-ring (bicyclic) bond motifs is 1. The lowest BCUT2D eigenvalue weighted by Crippen LogP contribution is -2.34. The van der Waals surface area contributed by atoms with Gasteiger partial charge in [-0.05, 0) is 35.9 Å². The largest absolute Gasteiger partial charge is 0.493 e. The zero-order chi connectivity index (χ0) is 19.4. The number of aromatic nitrogens is 1. The Morgan fingerprint density at radius 2 is 1.81 bits per heavy atom. The highest BCUT2D eigenvalue weighted by atomic mass is 16.5. The van der Waals surface area contributed by atoms with Crippen LogP contribution in [0.5, 0.6) is 11.5 Å². The molecule has 0 unspecified atom stereocenters. The molecule has 3 aromatic rings. The second-order valence-corrected chi connectivity index (χ2v) is 5.71. The quantitative estimate of drug-likeness (QED) is 0.514. The maximum atomic E-state index is 12.2. The van der Waals surface area contributed by atoms with E-state index in [4.69, 9.17) is 9.47 Å². The Bertz CT molecular complexity index is 1070. The van der Waals surface area contributed by atoms with Crippen LogP contribution in [0.3, 0.4) is 0 Å². The maximum Gasteiger partial charge on any atom is 0.259 e. The zero-order valence-electron chi connectivity index (χ0n) is 15.2. The van der Waals surface area contributed by atoms with Gasteiger partial charge in [-0.3, -0.25) is 9.59 Å². The number of nitrogens with zero attached hydrogens (tertiary/aromatic N) is 3. The summed E-state index contributed by atoms with van der Waals surface area (Å²) in [4.78, 5) is 24.2. The van der Waals surface area contributed by atoms with E-state index in [2.05, 4.69) is 5.10 Å². The Morgan fingerprint density at radius 1 is 1.07 bits per heavy atom. The van der Waals surface area contributed by atoms with Crippen LogP contribution in [0, 0.1) is 0 Å². The summed E-state index contributed by atoms with van der Waals surface area (Å²) in [5.41, 5.74) is 1.20. The summed E-state index contributed by atoms with van der Waals surface area (Å²) in [6.45, 7) is 1.40. The Morgan fingerprint density at radius 3 is 2.52 bits per heavy atom. The van der Waals surface area contributed by atoms with E-state index in [1.54, 1.807) is 56.7 Å². The highest BCUT2D eigenvalue weighted by Gasteiger charge is 2.12. The number of methoxy groups -OCH3 is 2. The van der Waals surface area contributed by atoms with Crippen LogP contribution in [0.25, 0.3) is 10.9 Å². The standard InChI is InChI=1S/C20H19N3O4/c1-14(24)23(21-13-15-8-9-19(26-2)20(12-15)27-3)22-11-10-18(25)16-6-4-5-7-17(16)22/h4-13H,1-3H3. The van der Waals surface area contributed by atoms with Crippen molar-refractivity contribution in [2.24, 2.45) is 5.10 Å². The molecular weight excluding hydrogens is 346 g/mol. The third-order valence-electron chi connectivity index (χ3n) is 3.99. The molecule has 2 aromatic carbocycles. The van der Waals surface area contributed by atoms with Gasteiger partial charge < -0.3 is 9.47 Å². The van der Waals surface area contributed by atoms with E-state index >= 15 is 0 Å². The second-order valence-electron chi connectivity index (χ2n) is 5.71. The minimum atomic E-state index is -0.305. The van der Waals surface area contributed by atoms with Gasteiger partial charge in [-0.25, -0.2) is 4.68 Å². The molecule has 0 fully saturated rings. The molecule has 1 amide bonds. The van der Waals surface area contributed by atoms with Crippen molar-refractivity contribution >= 4 is 23.0 Å². The first-order valence-corrected chi connectivity index (χ1v) is 8.22. The van der Waals surface area contributed by atoms with Crippen LogP contribution in [0.1, 0.15) is 12.5 Å². The van der Waals surface area contributed by atoms with Gasteiger partial charge in [0.25, 0.3) is 5.91 Å². The van der Waals surface area contributed by atoms with Gasteiger partial charge in [-0.15, -0.1) is 5.12 Å². The lowest BCUT2D eigenvalue weighted by atomic mass is 10.2. The van der Waals surface area contributed by atoms with Gasteiger partial charge in [-0.1, -0.05) is 12.1 Å². The highest BCUT2D eigenvalue weighted by Crippen LogP contribution is 2.26. The Labute approximate surface area is 156 Å². The normalized spacial score (nSPS) is 10.9. The minimum absolute atomic E-state index is 0.116. The number of benzene rings is 2. The number of hydrogen-bond acceptors (Lipinski definition) is 5. The van der Waals surface area contributed by atoms with Crippen molar-refractivity contribution < 1.29 is 14.3 Å². The van der Waals surface area contributed by atoms with E-state index in [-0.39, 0.29) is 11.3 Å². The molecule has 1 heterocycles. The number of pyridine rings is 1. The Hall–Kier alpha value is -3.61. The first-order valence-electron chi connectivity index (χ1n) is 8.22. The molecule has 3 rings (SSSR count). The molecule has 0 aliphatic carbocycles. The monoisotopic (exact) mass is 365 g/mol. The van der Waals surface area contributed by atoms with Crippen molar-refractivity contribution in [3.63, 3.8) is 0 Å². The van der Waals surface area contributed by atoms with Crippen molar-refractivity contribution in [1.29, 1.82) is 0 Å². The number of hydrogen-bond donors (Lipinski definition) is 0. The van der Waals surface area contributed by atoms with Crippen molar-refractivity contribution in [1.82, 2.24) is 4.68 Å². The summed E-state index contributed by atoms with van der Waals surface area (Å²) in [5, 5.41) is 6.00. The first-order chi connectivity index (χ1) is 13.0. The average Bonchev–Trinajstić information content (AvgIpc) is 2.69. The summed E-state index contributed by atoms with van der Waals surface area (Å²) < 4.78 is 12.0. The highest BCUT2D eigenvalue weighted by molar-refractivity contribution is 5.90. The van der Waals surface area contributed by atoms with Crippen LogP contribution in [0.2, 0.25) is 0 Å². The molecule has 0 aliphatic heterocycles. The number of rotatable bonds is 5. The zero-order valence-corrected chi connectivity index (χ0v) is 15.2. The number of hydrazone groups is 1. The molecule has 7 heteroatoms. The SMILES string of the molecule is COc1ccc(C=NN(C(C)=O)n2ccc(=O)c3ccccc32)cc1OC. The van der Waals surface area contributed by atoms with Gasteiger partial charge in [-0.2, -0.15) is 5.10 Å². The summed E-state index contributed by atoms with van der Waals surface area (Å²) in [5.74, 6) is 0.856. The van der Waals surface area contributed by atoms with Crippen LogP contribution >= 0.6 is 0 Å². The summed E-state index contributed by atoms with van der Waals surface area (Å²) in [6, 6.07) is 13.8. The smallest absolute Gasteiger partial charge is 0.259 e. The fourth-order valence-electron chi connectivity index (χ4n) is 2.70. The molecule has 0 radical (unpaired) electrons. The van der Waals surface area contributed by atoms with Gasteiger partial charge in [0.15, 0.2) is 16.9 Å². The van der Waals surface area contributed by atoms with Gasteiger partial charge in [0.1, 0.15) is 0 Å². The van der Waals surface area contributed by atoms with E-state index in [0.717, 1.165) is 5.56 Å². The molecule has 0 bridgehead atoms. The fourth-order valence-corrected chi connectivity index (χ4v) is 2.70. The van der Waals surface area contributed by atoms with Crippen LogP contribution < -0.4 is 20.0 Å². The molecule has 0 saturated heterocycles. The van der Waals surface area contributed by atoms with E-state index in [0.29, 0.717) is 22.4 Å². The van der Waals surface area contributed by atoms with Crippen molar-refractivity contribution in [3.05, 3.63) is 70.5 Å². The number of amides is 1. The third-order valence-corrected chi connectivity index (χ3v) is 3.99. The summed E-state index contributed by atoms with van der Waals surface area (Å²) >= 11 is 0. The molecule has 7 nitrogen and oxygen atoms in total. The number of carbonyl (C=O) groups excluding carboxylic acids is 1. The topological polar surface area (TPSA) is 73.1 Å². The van der Waals surface area contributed by atoms with Gasteiger partial charge in [0.05, 0.1) is 26.0 Å². The van der Waals surface area contributed by atoms with E-state index < -0.39 is 0 Å².